The van der Waals surface area contributed by atoms with Crippen molar-refractivity contribution < 1.29 is 9.90 Å². The topological polar surface area (TPSA) is 56.3 Å². The van der Waals surface area contributed by atoms with Crippen molar-refractivity contribution in [2.45, 2.75) is 12.5 Å². The van der Waals surface area contributed by atoms with Crippen LogP contribution >= 0.6 is 15.9 Å². The van der Waals surface area contributed by atoms with Gasteiger partial charge in [0.15, 0.2) is 0 Å². The summed E-state index contributed by atoms with van der Waals surface area (Å²) in [6.45, 7) is 1.08. The molecule has 1 atom stereocenters. The van der Waals surface area contributed by atoms with Crippen molar-refractivity contribution in [2.24, 2.45) is 0 Å². The number of hydrogen-bond acceptors (Lipinski definition) is 2. The molecular formula is C9H11BrN2O2. The number of β-amino-alcohol motifs (C(OH)–C–C–N with tert-alkyl or cyclic N) is 1. The van der Waals surface area contributed by atoms with Gasteiger partial charge in [0, 0.05) is 23.8 Å². The van der Waals surface area contributed by atoms with Gasteiger partial charge in [-0.2, -0.15) is 0 Å². The Kier molecular flexibility index (Phi) is 2.60. The Balaban J connectivity index is 2.09. The van der Waals surface area contributed by atoms with Crippen molar-refractivity contribution in [2.75, 3.05) is 13.1 Å². The number of H-pyrrole nitrogens is 1. The molecule has 1 aromatic rings. The van der Waals surface area contributed by atoms with Crippen LogP contribution in [0.1, 0.15) is 16.9 Å². The smallest absolute Gasteiger partial charge is 0.270 e. The summed E-state index contributed by atoms with van der Waals surface area (Å²) in [5, 5.41) is 9.29. The van der Waals surface area contributed by atoms with Gasteiger partial charge in [-0.1, -0.05) is 0 Å². The van der Waals surface area contributed by atoms with Crippen LogP contribution in [0.25, 0.3) is 0 Å². The highest BCUT2D eigenvalue weighted by Crippen LogP contribution is 2.16. The monoisotopic (exact) mass is 258 g/mol. The van der Waals surface area contributed by atoms with E-state index < -0.39 is 0 Å². The van der Waals surface area contributed by atoms with E-state index in [1.807, 2.05) is 0 Å². The van der Waals surface area contributed by atoms with Gasteiger partial charge in [-0.25, -0.2) is 0 Å². The third kappa shape index (κ3) is 1.83. The maximum absolute atomic E-state index is 11.8. The van der Waals surface area contributed by atoms with Gasteiger partial charge in [-0.15, -0.1) is 0 Å². The van der Waals surface area contributed by atoms with Crippen LogP contribution in [0, 0.1) is 0 Å². The maximum Gasteiger partial charge on any atom is 0.270 e. The molecule has 0 aromatic carbocycles. The summed E-state index contributed by atoms with van der Waals surface area (Å²) < 4.78 is 0.862. The van der Waals surface area contributed by atoms with Crippen molar-refractivity contribution in [1.82, 2.24) is 9.88 Å². The van der Waals surface area contributed by atoms with E-state index in [9.17, 15) is 9.90 Å². The third-order valence-corrected chi connectivity index (χ3v) is 2.79. The third-order valence-electron chi connectivity index (χ3n) is 2.33. The Morgan fingerprint density at radius 3 is 3.00 bits per heavy atom. The fraction of sp³-hybridized carbons (Fsp3) is 0.444. The molecule has 2 heterocycles. The number of aromatic amines is 1. The van der Waals surface area contributed by atoms with Crippen molar-refractivity contribution in [3.05, 3.63) is 22.4 Å². The van der Waals surface area contributed by atoms with Crippen molar-refractivity contribution in [3.8, 4) is 0 Å². The van der Waals surface area contributed by atoms with Gasteiger partial charge in [0.1, 0.15) is 5.69 Å². The molecule has 0 saturated carbocycles. The van der Waals surface area contributed by atoms with Crippen LogP contribution in [-0.2, 0) is 0 Å². The lowest BCUT2D eigenvalue weighted by molar-refractivity contribution is 0.0760. The number of carbonyl (C=O) groups is 1. The number of nitrogens with one attached hydrogen (secondary N) is 1. The first-order valence-electron chi connectivity index (χ1n) is 4.48. The first-order valence-corrected chi connectivity index (χ1v) is 5.27. The van der Waals surface area contributed by atoms with Gasteiger partial charge in [-0.3, -0.25) is 4.79 Å². The van der Waals surface area contributed by atoms with Crippen LogP contribution in [0.3, 0.4) is 0 Å². The maximum atomic E-state index is 11.8. The summed E-state index contributed by atoms with van der Waals surface area (Å²) in [6.07, 6.45) is 2.03. The number of hydrogen-bond donors (Lipinski definition) is 2. The molecule has 1 amide bonds. The fourth-order valence-electron chi connectivity index (χ4n) is 1.59. The van der Waals surface area contributed by atoms with Crippen LogP contribution in [0.15, 0.2) is 16.7 Å². The predicted molar refractivity (Wildman–Crippen MR) is 55.0 cm³/mol. The van der Waals surface area contributed by atoms with Crippen LogP contribution in [-0.4, -0.2) is 40.1 Å². The van der Waals surface area contributed by atoms with Gasteiger partial charge >= 0.3 is 0 Å². The van der Waals surface area contributed by atoms with Crippen LogP contribution in [0.2, 0.25) is 0 Å². The summed E-state index contributed by atoms with van der Waals surface area (Å²) in [4.78, 5) is 16.3. The quantitative estimate of drug-likeness (QED) is 0.790. The zero-order valence-corrected chi connectivity index (χ0v) is 9.12. The number of likely N-dealkylation sites (tertiary alicyclic amines) is 1. The Morgan fingerprint density at radius 2 is 2.50 bits per heavy atom. The number of rotatable bonds is 1. The number of aliphatic hydroxyl groups excluding tert-OH is 1. The van der Waals surface area contributed by atoms with Crippen molar-refractivity contribution in [3.63, 3.8) is 0 Å². The zero-order valence-electron chi connectivity index (χ0n) is 7.53. The highest BCUT2D eigenvalue weighted by Gasteiger charge is 2.25. The average Bonchev–Trinajstić information content (AvgIpc) is 2.73. The molecule has 14 heavy (non-hydrogen) atoms. The molecule has 5 heteroatoms. The van der Waals surface area contributed by atoms with Crippen LogP contribution in [0.5, 0.6) is 0 Å². The Morgan fingerprint density at radius 1 is 1.71 bits per heavy atom. The van der Waals surface area contributed by atoms with Crippen LogP contribution < -0.4 is 0 Å². The molecule has 1 aromatic heterocycles. The van der Waals surface area contributed by atoms with Crippen LogP contribution in [0.4, 0.5) is 0 Å². The number of aromatic nitrogens is 1. The highest BCUT2D eigenvalue weighted by molar-refractivity contribution is 9.10. The molecule has 76 valence electrons. The molecular weight excluding hydrogens is 248 g/mol. The molecule has 1 saturated heterocycles. The molecule has 0 unspecified atom stereocenters. The van der Waals surface area contributed by atoms with Gasteiger partial charge < -0.3 is 15.0 Å². The minimum Gasteiger partial charge on any atom is -0.391 e. The van der Waals surface area contributed by atoms with E-state index >= 15 is 0 Å². The average molecular weight is 259 g/mol. The lowest BCUT2D eigenvalue weighted by Crippen LogP contribution is -2.29. The lowest BCUT2D eigenvalue weighted by Gasteiger charge is -2.13. The van der Waals surface area contributed by atoms with E-state index in [2.05, 4.69) is 20.9 Å². The summed E-state index contributed by atoms with van der Waals surface area (Å²) in [5.41, 5.74) is 0.561. The Hall–Kier alpha value is -0.810. The Labute approximate surface area is 90.0 Å². The van der Waals surface area contributed by atoms with Gasteiger partial charge in [0.2, 0.25) is 0 Å². The van der Waals surface area contributed by atoms with E-state index in [1.54, 1.807) is 17.2 Å². The molecule has 2 rings (SSSR count). The molecule has 0 spiro atoms. The number of aliphatic hydroxyl groups is 1. The molecule has 1 fully saturated rings. The second kappa shape index (κ2) is 3.74. The SMILES string of the molecule is O=C(c1cc(Br)c[nH]1)N1CC[C@@H](O)C1. The summed E-state index contributed by atoms with van der Waals surface area (Å²) >= 11 is 3.27. The first-order chi connectivity index (χ1) is 6.66. The Bertz CT molecular complexity index is 350. The number of amides is 1. The highest BCUT2D eigenvalue weighted by atomic mass is 79.9. The standard InChI is InChI=1S/C9H11BrN2O2/c10-6-3-8(11-4-6)9(14)12-2-1-7(13)5-12/h3-4,7,11,13H,1-2,5H2/t7-/m1/s1. The van der Waals surface area contributed by atoms with E-state index in [1.165, 1.54) is 0 Å². The van der Waals surface area contributed by atoms with Gasteiger partial charge in [0.25, 0.3) is 5.91 Å². The van der Waals surface area contributed by atoms with Crippen molar-refractivity contribution in [1.29, 1.82) is 0 Å². The molecule has 0 bridgehead atoms. The summed E-state index contributed by atoms with van der Waals surface area (Å²) in [6, 6.07) is 1.74. The molecule has 1 aliphatic rings. The normalized spacial score (nSPS) is 21.6. The molecule has 4 nitrogen and oxygen atoms in total. The fourth-order valence-corrected chi connectivity index (χ4v) is 1.93. The molecule has 0 aliphatic carbocycles. The molecule has 1 aliphatic heterocycles. The predicted octanol–water partition coefficient (Wildman–Crippen LogP) is 0.984. The minimum atomic E-state index is -0.364. The lowest BCUT2D eigenvalue weighted by atomic mass is 10.3. The van der Waals surface area contributed by atoms with E-state index in [0.717, 1.165) is 4.47 Å². The number of carbonyl (C=O) groups excluding carboxylic acids is 1. The minimum absolute atomic E-state index is 0.0488. The van der Waals surface area contributed by atoms with Crippen molar-refractivity contribution >= 4 is 21.8 Å². The largest absolute Gasteiger partial charge is 0.391 e. The summed E-state index contributed by atoms with van der Waals surface area (Å²) in [5.74, 6) is -0.0488. The molecule has 0 radical (unpaired) electrons. The second-order valence-corrected chi connectivity index (χ2v) is 4.34. The second-order valence-electron chi connectivity index (χ2n) is 3.43. The zero-order chi connectivity index (χ0) is 10.1. The number of nitrogens with zero attached hydrogens (tertiary/aromatic N) is 1. The van der Waals surface area contributed by atoms with E-state index in [0.29, 0.717) is 25.2 Å². The molecule has 2 N–H and O–H groups in total. The van der Waals surface area contributed by atoms with E-state index in [-0.39, 0.29) is 12.0 Å². The van der Waals surface area contributed by atoms with E-state index in [4.69, 9.17) is 0 Å². The van der Waals surface area contributed by atoms with Gasteiger partial charge in [-0.05, 0) is 28.4 Å². The summed E-state index contributed by atoms with van der Waals surface area (Å²) in [7, 11) is 0. The first kappa shape index (κ1) is 9.73. The van der Waals surface area contributed by atoms with Gasteiger partial charge in [0.05, 0.1) is 6.10 Å². The number of halogens is 1.